The van der Waals surface area contributed by atoms with Gasteiger partial charge in [-0.25, -0.2) is 0 Å². The fourth-order valence-electron chi connectivity index (χ4n) is 0.602. The van der Waals surface area contributed by atoms with Gasteiger partial charge in [-0.3, -0.25) is 0 Å². The lowest BCUT2D eigenvalue weighted by atomic mass is 10.0. The molecule has 0 aliphatic heterocycles. The molecule has 0 saturated carbocycles. The molecule has 0 saturated heterocycles. The summed E-state index contributed by atoms with van der Waals surface area (Å²) < 4.78 is 5.64. The minimum atomic E-state index is -0.577. The molecular formula is C10H20N2O. The molecule has 0 aliphatic carbocycles. The first-order valence-corrected chi connectivity index (χ1v) is 4.63. The van der Waals surface area contributed by atoms with E-state index in [-0.39, 0.29) is 5.60 Å². The quantitative estimate of drug-likeness (QED) is 0.707. The van der Waals surface area contributed by atoms with E-state index in [4.69, 9.17) is 10.00 Å². The van der Waals surface area contributed by atoms with Crippen LogP contribution < -0.4 is 5.32 Å². The maximum atomic E-state index is 8.86. The van der Waals surface area contributed by atoms with E-state index in [1.54, 1.807) is 7.05 Å². The Labute approximate surface area is 81.1 Å². The summed E-state index contributed by atoms with van der Waals surface area (Å²) in [6, 6.07) is 2.19. The Morgan fingerprint density at radius 3 is 2.23 bits per heavy atom. The SMILES string of the molecule is CCC(C)(C)OCC(C)(C#N)NC. The van der Waals surface area contributed by atoms with Crippen molar-refractivity contribution in [2.75, 3.05) is 13.7 Å². The van der Waals surface area contributed by atoms with E-state index in [1.165, 1.54) is 0 Å². The van der Waals surface area contributed by atoms with Crippen molar-refractivity contribution in [3.8, 4) is 6.07 Å². The summed E-state index contributed by atoms with van der Waals surface area (Å²) >= 11 is 0. The smallest absolute Gasteiger partial charge is 0.127 e. The maximum Gasteiger partial charge on any atom is 0.127 e. The van der Waals surface area contributed by atoms with Crippen molar-refractivity contribution in [2.24, 2.45) is 0 Å². The Hall–Kier alpha value is -0.590. The van der Waals surface area contributed by atoms with E-state index in [0.717, 1.165) is 6.42 Å². The monoisotopic (exact) mass is 184 g/mol. The van der Waals surface area contributed by atoms with Gasteiger partial charge in [0.15, 0.2) is 0 Å². The molecule has 1 atom stereocenters. The van der Waals surface area contributed by atoms with E-state index < -0.39 is 5.54 Å². The second-order valence-corrected chi connectivity index (χ2v) is 4.10. The third-order valence-electron chi connectivity index (χ3n) is 2.40. The molecule has 0 aromatic heterocycles. The summed E-state index contributed by atoms with van der Waals surface area (Å²) in [5.41, 5.74) is -0.721. The van der Waals surface area contributed by atoms with Gasteiger partial charge in [0.2, 0.25) is 0 Å². The molecule has 0 radical (unpaired) electrons. The van der Waals surface area contributed by atoms with Crippen LogP contribution in [0.3, 0.4) is 0 Å². The van der Waals surface area contributed by atoms with E-state index in [1.807, 2.05) is 20.8 Å². The number of nitriles is 1. The van der Waals surface area contributed by atoms with Gasteiger partial charge in [-0.15, -0.1) is 0 Å². The van der Waals surface area contributed by atoms with E-state index in [0.29, 0.717) is 6.61 Å². The standard InChI is InChI=1S/C10H20N2O/c1-6-9(2,3)13-8-10(4,7-11)12-5/h12H,6,8H2,1-5H3. The fourth-order valence-corrected chi connectivity index (χ4v) is 0.602. The summed E-state index contributed by atoms with van der Waals surface area (Å²) in [5, 5.41) is 11.8. The third kappa shape index (κ3) is 4.25. The molecule has 3 nitrogen and oxygen atoms in total. The van der Waals surface area contributed by atoms with Gasteiger partial charge in [-0.2, -0.15) is 5.26 Å². The number of likely N-dealkylation sites (N-methyl/N-ethyl adjacent to an activating group) is 1. The topological polar surface area (TPSA) is 45.0 Å². The van der Waals surface area contributed by atoms with Crippen LogP contribution in [0.1, 0.15) is 34.1 Å². The van der Waals surface area contributed by atoms with Crippen molar-refractivity contribution in [1.29, 1.82) is 5.26 Å². The molecule has 0 fully saturated rings. The molecule has 0 aromatic carbocycles. The van der Waals surface area contributed by atoms with Crippen LogP contribution in [-0.4, -0.2) is 24.8 Å². The molecule has 1 N–H and O–H groups in total. The maximum absolute atomic E-state index is 8.86. The van der Waals surface area contributed by atoms with Gasteiger partial charge in [-0.05, 0) is 34.2 Å². The highest BCUT2D eigenvalue weighted by Gasteiger charge is 2.25. The molecule has 0 spiro atoms. The van der Waals surface area contributed by atoms with Gasteiger partial charge < -0.3 is 10.1 Å². The van der Waals surface area contributed by atoms with Gasteiger partial charge in [0.05, 0.1) is 18.3 Å². The zero-order valence-corrected chi connectivity index (χ0v) is 9.27. The molecule has 1 unspecified atom stereocenters. The average molecular weight is 184 g/mol. The lowest BCUT2D eigenvalue weighted by Gasteiger charge is -2.29. The highest BCUT2D eigenvalue weighted by atomic mass is 16.5. The second-order valence-electron chi connectivity index (χ2n) is 4.10. The van der Waals surface area contributed by atoms with Crippen molar-refractivity contribution in [1.82, 2.24) is 5.32 Å². The first-order chi connectivity index (χ1) is 5.89. The van der Waals surface area contributed by atoms with Crippen LogP contribution in [0.2, 0.25) is 0 Å². The Morgan fingerprint density at radius 2 is 1.92 bits per heavy atom. The zero-order chi connectivity index (χ0) is 10.5. The lowest BCUT2D eigenvalue weighted by molar-refractivity contribution is -0.0374. The van der Waals surface area contributed by atoms with E-state index in [2.05, 4.69) is 18.3 Å². The summed E-state index contributed by atoms with van der Waals surface area (Å²) in [5.74, 6) is 0. The Bertz CT molecular complexity index is 196. The predicted octanol–water partition coefficient (Wildman–Crippen LogP) is 1.69. The molecule has 13 heavy (non-hydrogen) atoms. The summed E-state index contributed by atoms with van der Waals surface area (Å²) in [6.45, 7) is 8.38. The molecule has 0 heterocycles. The van der Waals surface area contributed by atoms with Crippen LogP contribution in [0.4, 0.5) is 0 Å². The Morgan fingerprint density at radius 1 is 1.38 bits per heavy atom. The number of nitrogens with one attached hydrogen (secondary N) is 1. The molecule has 0 rings (SSSR count). The highest BCUT2D eigenvalue weighted by Crippen LogP contribution is 2.16. The minimum Gasteiger partial charge on any atom is -0.373 e. The van der Waals surface area contributed by atoms with Crippen molar-refractivity contribution >= 4 is 0 Å². The minimum absolute atomic E-state index is 0.144. The van der Waals surface area contributed by atoms with Crippen LogP contribution in [0, 0.1) is 11.3 Å². The van der Waals surface area contributed by atoms with Gasteiger partial charge in [0.25, 0.3) is 0 Å². The first-order valence-electron chi connectivity index (χ1n) is 4.63. The largest absolute Gasteiger partial charge is 0.373 e. The highest BCUT2D eigenvalue weighted by molar-refractivity contribution is 5.03. The number of nitrogens with zero attached hydrogens (tertiary/aromatic N) is 1. The van der Waals surface area contributed by atoms with Gasteiger partial charge in [0.1, 0.15) is 5.54 Å². The second kappa shape index (κ2) is 4.59. The number of hydrogen-bond acceptors (Lipinski definition) is 3. The van der Waals surface area contributed by atoms with Crippen molar-refractivity contribution in [2.45, 2.75) is 45.3 Å². The van der Waals surface area contributed by atoms with Crippen LogP contribution in [-0.2, 0) is 4.74 Å². The van der Waals surface area contributed by atoms with Crippen molar-refractivity contribution in [3.63, 3.8) is 0 Å². The van der Waals surface area contributed by atoms with Gasteiger partial charge in [0, 0.05) is 0 Å². The fraction of sp³-hybridized carbons (Fsp3) is 0.900. The average Bonchev–Trinajstić information content (AvgIpc) is 2.14. The Kier molecular flexibility index (Phi) is 4.38. The number of ether oxygens (including phenoxy) is 1. The molecular weight excluding hydrogens is 164 g/mol. The third-order valence-corrected chi connectivity index (χ3v) is 2.40. The molecule has 0 aliphatic rings. The normalized spacial score (nSPS) is 16.3. The van der Waals surface area contributed by atoms with Crippen LogP contribution >= 0.6 is 0 Å². The van der Waals surface area contributed by atoms with Crippen molar-refractivity contribution < 1.29 is 4.74 Å². The summed E-state index contributed by atoms with van der Waals surface area (Å²) in [6.07, 6.45) is 0.943. The number of hydrogen-bond donors (Lipinski definition) is 1. The van der Waals surface area contributed by atoms with Gasteiger partial charge >= 0.3 is 0 Å². The first kappa shape index (κ1) is 12.4. The summed E-state index contributed by atoms with van der Waals surface area (Å²) in [7, 11) is 1.77. The molecule has 0 bridgehead atoms. The molecule has 3 heteroatoms. The Balaban J connectivity index is 4.09. The molecule has 0 aromatic rings. The molecule has 76 valence electrons. The van der Waals surface area contributed by atoms with Crippen LogP contribution in [0.15, 0.2) is 0 Å². The van der Waals surface area contributed by atoms with E-state index in [9.17, 15) is 0 Å². The van der Waals surface area contributed by atoms with Crippen molar-refractivity contribution in [3.05, 3.63) is 0 Å². The van der Waals surface area contributed by atoms with E-state index >= 15 is 0 Å². The van der Waals surface area contributed by atoms with Gasteiger partial charge in [-0.1, -0.05) is 6.92 Å². The zero-order valence-electron chi connectivity index (χ0n) is 9.27. The predicted molar refractivity (Wildman–Crippen MR) is 53.4 cm³/mol. The summed E-state index contributed by atoms with van der Waals surface area (Å²) in [4.78, 5) is 0. The van der Waals surface area contributed by atoms with Crippen LogP contribution in [0.5, 0.6) is 0 Å². The lowest BCUT2D eigenvalue weighted by Crippen LogP contribution is -2.45. The van der Waals surface area contributed by atoms with Crippen LogP contribution in [0.25, 0.3) is 0 Å². The number of rotatable bonds is 5. The molecule has 0 amide bonds.